The molecule has 2 aromatic rings. The van der Waals surface area contributed by atoms with Crippen LogP contribution in [0.25, 0.3) is 10.4 Å². The molecule has 2 heterocycles. The van der Waals surface area contributed by atoms with Crippen LogP contribution in [0.1, 0.15) is 29.9 Å². The van der Waals surface area contributed by atoms with Crippen LogP contribution in [-0.2, 0) is 0 Å². The maximum Gasteiger partial charge on any atom is 0.267 e. The van der Waals surface area contributed by atoms with Crippen molar-refractivity contribution in [3.63, 3.8) is 0 Å². The molecule has 0 radical (unpaired) electrons. The van der Waals surface area contributed by atoms with Gasteiger partial charge in [0, 0.05) is 24.0 Å². The van der Waals surface area contributed by atoms with Gasteiger partial charge in [0.2, 0.25) is 0 Å². The summed E-state index contributed by atoms with van der Waals surface area (Å²) in [4.78, 5) is 16.7. The van der Waals surface area contributed by atoms with Gasteiger partial charge in [-0.1, -0.05) is 44.2 Å². The second-order valence-corrected chi connectivity index (χ2v) is 8.04. The molecule has 2 N–H and O–H groups in total. The number of piperidine rings is 1. The molecule has 1 unspecified atom stereocenters. The van der Waals surface area contributed by atoms with Crippen molar-refractivity contribution >= 4 is 17.2 Å². The van der Waals surface area contributed by atoms with Crippen molar-refractivity contribution in [1.29, 1.82) is 0 Å². The van der Waals surface area contributed by atoms with E-state index in [9.17, 15) is 4.79 Å². The molecule has 3 rings (SSSR count). The van der Waals surface area contributed by atoms with E-state index in [1.807, 2.05) is 41.3 Å². The summed E-state index contributed by atoms with van der Waals surface area (Å²) in [7, 11) is 1.61. The minimum atomic E-state index is -0.0688. The zero-order valence-corrected chi connectivity index (χ0v) is 15.2. The monoisotopic (exact) mass is 344 g/mol. The van der Waals surface area contributed by atoms with E-state index in [0.29, 0.717) is 23.7 Å². The van der Waals surface area contributed by atoms with E-state index in [-0.39, 0.29) is 17.4 Å². The van der Waals surface area contributed by atoms with Gasteiger partial charge >= 0.3 is 0 Å². The molecule has 128 valence electrons. The molecule has 4 nitrogen and oxygen atoms in total. The number of carbonyl (C=O) groups excluding carboxylic acids is 1. The van der Waals surface area contributed by atoms with Crippen molar-refractivity contribution in [1.82, 2.24) is 4.90 Å². The molecule has 1 aliphatic rings. The molecule has 1 aromatic carbocycles. The first-order chi connectivity index (χ1) is 11.4. The Bertz CT molecular complexity index is 724. The Morgan fingerprint density at radius 3 is 2.67 bits per heavy atom. The third-order valence-corrected chi connectivity index (χ3v) is 5.92. The number of benzene rings is 1. The largest absolute Gasteiger partial charge is 0.495 e. The lowest BCUT2D eigenvalue weighted by Crippen LogP contribution is -2.53. The summed E-state index contributed by atoms with van der Waals surface area (Å²) in [5, 5.41) is 0. The van der Waals surface area contributed by atoms with E-state index in [1.165, 1.54) is 11.3 Å². The van der Waals surface area contributed by atoms with Gasteiger partial charge in [0.15, 0.2) is 0 Å². The zero-order chi connectivity index (χ0) is 17.3. The number of rotatable bonds is 3. The van der Waals surface area contributed by atoms with Crippen LogP contribution in [0.2, 0.25) is 0 Å². The van der Waals surface area contributed by atoms with Crippen LogP contribution in [0.3, 0.4) is 0 Å². The molecule has 0 bridgehead atoms. The highest BCUT2D eigenvalue weighted by Crippen LogP contribution is 2.38. The number of hydrogen-bond acceptors (Lipinski definition) is 4. The van der Waals surface area contributed by atoms with Gasteiger partial charge in [0.05, 0.1) is 7.11 Å². The highest BCUT2D eigenvalue weighted by molar-refractivity contribution is 7.17. The van der Waals surface area contributed by atoms with Crippen molar-refractivity contribution in [3.05, 3.63) is 41.3 Å². The van der Waals surface area contributed by atoms with Gasteiger partial charge in [-0.2, -0.15) is 0 Å². The van der Waals surface area contributed by atoms with Crippen LogP contribution in [0, 0.1) is 5.41 Å². The number of ether oxygens (including phenoxy) is 1. The third kappa shape index (κ3) is 3.19. The van der Waals surface area contributed by atoms with Gasteiger partial charge in [-0.25, -0.2) is 0 Å². The van der Waals surface area contributed by atoms with Gasteiger partial charge in [-0.05, 0) is 23.5 Å². The Kier molecular flexibility index (Phi) is 4.65. The lowest BCUT2D eigenvalue weighted by Gasteiger charge is -2.42. The number of nitrogens with zero attached hydrogens (tertiary/aromatic N) is 1. The molecule has 1 amide bonds. The second-order valence-electron chi connectivity index (χ2n) is 6.98. The normalized spacial score (nSPS) is 20.0. The number of amides is 1. The summed E-state index contributed by atoms with van der Waals surface area (Å²) in [5.74, 6) is 0.690. The Morgan fingerprint density at radius 2 is 2.04 bits per heavy atom. The number of thiophene rings is 1. The Morgan fingerprint density at radius 1 is 1.33 bits per heavy atom. The lowest BCUT2D eigenvalue weighted by atomic mass is 9.79. The van der Waals surface area contributed by atoms with E-state index in [2.05, 4.69) is 13.8 Å². The first-order valence-corrected chi connectivity index (χ1v) is 9.02. The zero-order valence-electron chi connectivity index (χ0n) is 14.4. The van der Waals surface area contributed by atoms with Gasteiger partial charge in [-0.15, -0.1) is 11.3 Å². The first-order valence-electron chi connectivity index (χ1n) is 8.20. The molecule has 1 aromatic heterocycles. The number of methoxy groups -OCH3 is 1. The van der Waals surface area contributed by atoms with Gasteiger partial charge in [-0.3, -0.25) is 4.79 Å². The van der Waals surface area contributed by atoms with E-state index in [4.69, 9.17) is 10.5 Å². The average Bonchev–Trinajstić information content (AvgIpc) is 3.01. The predicted octanol–water partition coefficient (Wildman–Crippen LogP) is 3.62. The lowest BCUT2D eigenvalue weighted by molar-refractivity contribution is 0.0535. The van der Waals surface area contributed by atoms with E-state index in [1.54, 1.807) is 7.11 Å². The SMILES string of the molecule is COc1cc(-c2ccccc2)sc1C(=O)N1CCC(N)C(C)(C)C1. The van der Waals surface area contributed by atoms with Gasteiger partial charge < -0.3 is 15.4 Å². The number of nitrogens with two attached hydrogens (primary N) is 1. The summed E-state index contributed by atoms with van der Waals surface area (Å²) in [6.45, 7) is 5.62. The van der Waals surface area contributed by atoms with Crippen LogP contribution in [0.4, 0.5) is 0 Å². The highest BCUT2D eigenvalue weighted by Gasteiger charge is 2.36. The molecule has 1 atom stereocenters. The van der Waals surface area contributed by atoms with Crippen LogP contribution < -0.4 is 10.5 Å². The maximum absolute atomic E-state index is 13.0. The first kappa shape index (κ1) is 17.0. The van der Waals surface area contributed by atoms with Gasteiger partial charge in [0.1, 0.15) is 10.6 Å². The smallest absolute Gasteiger partial charge is 0.267 e. The van der Waals surface area contributed by atoms with Crippen LogP contribution in [0.15, 0.2) is 36.4 Å². The van der Waals surface area contributed by atoms with Crippen LogP contribution in [-0.4, -0.2) is 37.0 Å². The number of hydrogen-bond donors (Lipinski definition) is 1. The van der Waals surface area contributed by atoms with Crippen molar-refractivity contribution in [2.45, 2.75) is 26.3 Å². The Labute approximate surface area is 147 Å². The summed E-state index contributed by atoms with van der Waals surface area (Å²) in [6, 6.07) is 12.2. The molecule has 1 fully saturated rings. The summed E-state index contributed by atoms with van der Waals surface area (Å²) in [6.07, 6.45) is 0.831. The van der Waals surface area contributed by atoms with Crippen LogP contribution >= 0.6 is 11.3 Å². The van der Waals surface area contributed by atoms with E-state index < -0.39 is 0 Å². The Hall–Kier alpha value is -1.85. The fourth-order valence-electron chi connectivity index (χ4n) is 3.11. The highest BCUT2D eigenvalue weighted by atomic mass is 32.1. The maximum atomic E-state index is 13.0. The molecule has 1 aliphatic heterocycles. The standard InChI is InChI=1S/C19H24N2O2S/c1-19(2)12-21(10-9-16(19)20)18(22)17-14(23-3)11-15(24-17)13-7-5-4-6-8-13/h4-8,11,16H,9-10,12,20H2,1-3H3. The van der Waals surface area contributed by atoms with Crippen molar-refractivity contribution in [2.24, 2.45) is 11.1 Å². The minimum absolute atomic E-state index is 0.0407. The fourth-order valence-corrected chi connectivity index (χ4v) is 4.21. The average molecular weight is 344 g/mol. The van der Waals surface area contributed by atoms with Crippen LogP contribution in [0.5, 0.6) is 5.75 Å². The van der Waals surface area contributed by atoms with Crippen molar-refractivity contribution < 1.29 is 9.53 Å². The summed E-state index contributed by atoms with van der Waals surface area (Å²) in [5.41, 5.74) is 7.22. The predicted molar refractivity (Wildman–Crippen MR) is 98.6 cm³/mol. The number of carbonyl (C=O) groups is 1. The quantitative estimate of drug-likeness (QED) is 0.925. The topological polar surface area (TPSA) is 55.6 Å². The van der Waals surface area contributed by atoms with E-state index >= 15 is 0 Å². The number of likely N-dealkylation sites (tertiary alicyclic amines) is 1. The molecular weight excluding hydrogens is 320 g/mol. The third-order valence-electron chi connectivity index (χ3n) is 4.77. The molecule has 1 saturated heterocycles. The van der Waals surface area contributed by atoms with E-state index in [0.717, 1.165) is 16.9 Å². The van der Waals surface area contributed by atoms with Crippen molar-refractivity contribution in [3.8, 4) is 16.2 Å². The van der Waals surface area contributed by atoms with Gasteiger partial charge in [0.25, 0.3) is 5.91 Å². The molecule has 0 spiro atoms. The molecule has 5 heteroatoms. The van der Waals surface area contributed by atoms with Crippen molar-refractivity contribution in [2.75, 3.05) is 20.2 Å². The molecule has 0 saturated carbocycles. The Balaban J connectivity index is 1.89. The molecule has 0 aliphatic carbocycles. The second kappa shape index (κ2) is 6.57. The fraction of sp³-hybridized carbons (Fsp3) is 0.421. The summed E-state index contributed by atoms with van der Waals surface area (Å²) < 4.78 is 5.47. The minimum Gasteiger partial charge on any atom is -0.495 e. The molecular formula is C19H24N2O2S. The summed E-state index contributed by atoms with van der Waals surface area (Å²) >= 11 is 1.49. The molecule has 24 heavy (non-hydrogen) atoms.